The van der Waals surface area contributed by atoms with Gasteiger partial charge in [0.1, 0.15) is 6.10 Å². The van der Waals surface area contributed by atoms with Gasteiger partial charge in [0.2, 0.25) is 0 Å². The van der Waals surface area contributed by atoms with Crippen LogP contribution in [0.4, 0.5) is 4.39 Å². The van der Waals surface area contributed by atoms with E-state index in [4.69, 9.17) is 16.3 Å². The first-order valence-electron chi connectivity index (χ1n) is 5.09. The molecule has 16 heavy (non-hydrogen) atoms. The highest BCUT2D eigenvalue weighted by Gasteiger charge is 2.17. The Labute approximate surface area is 106 Å². The summed E-state index contributed by atoms with van der Waals surface area (Å²) in [7, 11) is 0. The summed E-state index contributed by atoms with van der Waals surface area (Å²) in [5.41, 5.74) is 0. The van der Waals surface area contributed by atoms with Gasteiger partial charge in [-0.3, -0.25) is 0 Å². The fourth-order valence-corrected chi connectivity index (χ4v) is 1.83. The van der Waals surface area contributed by atoms with Crippen molar-refractivity contribution in [3.8, 4) is 5.75 Å². The van der Waals surface area contributed by atoms with Crippen molar-refractivity contribution in [2.45, 2.75) is 18.9 Å². The zero-order valence-corrected chi connectivity index (χ0v) is 10.3. The Bertz CT molecular complexity index is 343. The minimum atomic E-state index is -0.460. The minimum Gasteiger partial charge on any atom is -0.487 e. The molecule has 0 saturated carbocycles. The maximum absolute atomic E-state index is 13.5. The molecule has 1 saturated heterocycles. The molecule has 2 rings (SSSR count). The van der Waals surface area contributed by atoms with Crippen molar-refractivity contribution in [2.24, 2.45) is 0 Å². The Morgan fingerprint density at radius 2 is 2.00 bits per heavy atom. The Morgan fingerprint density at radius 1 is 1.31 bits per heavy atom. The van der Waals surface area contributed by atoms with Crippen LogP contribution in [0.5, 0.6) is 5.75 Å². The van der Waals surface area contributed by atoms with Crippen LogP contribution < -0.4 is 10.1 Å². The topological polar surface area (TPSA) is 21.3 Å². The molecule has 2 nitrogen and oxygen atoms in total. The summed E-state index contributed by atoms with van der Waals surface area (Å²) in [5.74, 6) is -0.202. The van der Waals surface area contributed by atoms with Crippen LogP contribution in [0.1, 0.15) is 12.8 Å². The van der Waals surface area contributed by atoms with Crippen molar-refractivity contribution in [1.29, 1.82) is 0 Å². The van der Waals surface area contributed by atoms with E-state index in [1.807, 2.05) is 0 Å². The van der Waals surface area contributed by atoms with Gasteiger partial charge in [0.25, 0.3) is 0 Å². The third kappa shape index (κ3) is 3.24. The fraction of sp³-hybridized carbons (Fsp3) is 0.455. The molecule has 1 N–H and O–H groups in total. The van der Waals surface area contributed by atoms with Gasteiger partial charge in [0, 0.05) is 0 Å². The maximum Gasteiger partial charge on any atom is 0.183 e. The molecule has 0 amide bonds. The number of hydrogen-bond donors (Lipinski definition) is 1. The first kappa shape index (κ1) is 13.6. The summed E-state index contributed by atoms with van der Waals surface area (Å²) < 4.78 is 19.1. The van der Waals surface area contributed by atoms with E-state index < -0.39 is 5.82 Å². The summed E-state index contributed by atoms with van der Waals surface area (Å²) in [4.78, 5) is 0. The third-order valence-electron chi connectivity index (χ3n) is 2.50. The first-order chi connectivity index (χ1) is 7.27. The van der Waals surface area contributed by atoms with E-state index in [1.165, 1.54) is 6.07 Å². The molecule has 1 aliphatic heterocycles. The molecule has 0 unspecified atom stereocenters. The van der Waals surface area contributed by atoms with Crippen molar-refractivity contribution in [2.75, 3.05) is 13.1 Å². The molecule has 5 heteroatoms. The standard InChI is InChI=1S/C11H13ClFNO.ClH/c12-9-2-1-3-10(11(9)13)15-8-4-6-14-7-5-8;/h1-3,8,14H,4-7H2;1H. The largest absolute Gasteiger partial charge is 0.487 e. The SMILES string of the molecule is Cl.Fc1c(Cl)cccc1OC1CCNCC1. The number of hydrogen-bond acceptors (Lipinski definition) is 2. The first-order valence-corrected chi connectivity index (χ1v) is 5.46. The summed E-state index contributed by atoms with van der Waals surface area (Å²) in [6.45, 7) is 1.85. The lowest BCUT2D eigenvalue weighted by Crippen LogP contribution is -2.34. The van der Waals surface area contributed by atoms with Crippen molar-refractivity contribution in [1.82, 2.24) is 5.32 Å². The highest BCUT2D eigenvalue weighted by atomic mass is 35.5. The molecule has 1 aromatic rings. The Balaban J connectivity index is 0.00000128. The van der Waals surface area contributed by atoms with Crippen LogP contribution in [-0.2, 0) is 0 Å². The van der Waals surface area contributed by atoms with E-state index >= 15 is 0 Å². The molecule has 0 bridgehead atoms. The van der Waals surface area contributed by atoms with Gasteiger partial charge in [0.05, 0.1) is 5.02 Å². The summed E-state index contributed by atoms with van der Waals surface area (Å²) in [5, 5.41) is 3.34. The average molecular weight is 266 g/mol. The Kier molecular flexibility index (Phi) is 5.32. The van der Waals surface area contributed by atoms with Crippen LogP contribution >= 0.6 is 24.0 Å². The van der Waals surface area contributed by atoms with E-state index in [0.29, 0.717) is 0 Å². The van der Waals surface area contributed by atoms with Gasteiger partial charge in [-0.1, -0.05) is 17.7 Å². The zero-order valence-electron chi connectivity index (χ0n) is 8.71. The second-order valence-corrected chi connectivity index (χ2v) is 4.03. The normalized spacial score (nSPS) is 16.6. The molecule has 0 radical (unpaired) electrons. The quantitative estimate of drug-likeness (QED) is 0.888. The second kappa shape index (κ2) is 6.28. The molecule has 0 spiro atoms. The third-order valence-corrected chi connectivity index (χ3v) is 2.79. The lowest BCUT2D eigenvalue weighted by molar-refractivity contribution is 0.156. The highest BCUT2D eigenvalue weighted by Crippen LogP contribution is 2.26. The summed E-state index contributed by atoms with van der Waals surface area (Å²) in [6, 6.07) is 4.83. The lowest BCUT2D eigenvalue weighted by atomic mass is 10.1. The molecule has 0 aliphatic carbocycles. The zero-order chi connectivity index (χ0) is 10.7. The summed E-state index contributed by atoms with van der Waals surface area (Å²) >= 11 is 5.66. The van der Waals surface area contributed by atoms with Gasteiger partial charge in [-0.2, -0.15) is 0 Å². The predicted molar refractivity (Wildman–Crippen MR) is 65.2 cm³/mol. The van der Waals surface area contributed by atoms with Gasteiger partial charge in [0.15, 0.2) is 11.6 Å². The van der Waals surface area contributed by atoms with Gasteiger partial charge in [-0.05, 0) is 38.1 Å². The number of nitrogens with one attached hydrogen (secondary N) is 1. The Hall–Kier alpha value is -0.510. The van der Waals surface area contributed by atoms with Gasteiger partial charge in [-0.15, -0.1) is 12.4 Å². The molecule has 1 aromatic carbocycles. The number of benzene rings is 1. The number of ether oxygens (including phenoxy) is 1. The van der Waals surface area contributed by atoms with Crippen LogP contribution in [0.3, 0.4) is 0 Å². The lowest BCUT2D eigenvalue weighted by Gasteiger charge is -2.24. The van der Waals surface area contributed by atoms with Crippen LogP contribution in [0.2, 0.25) is 5.02 Å². The monoisotopic (exact) mass is 265 g/mol. The van der Waals surface area contributed by atoms with Crippen molar-refractivity contribution < 1.29 is 9.13 Å². The molecular formula is C11H14Cl2FNO. The summed E-state index contributed by atoms with van der Waals surface area (Å²) in [6.07, 6.45) is 1.91. The van der Waals surface area contributed by atoms with Crippen LogP contribution in [0.15, 0.2) is 18.2 Å². The van der Waals surface area contributed by atoms with Crippen LogP contribution in [0.25, 0.3) is 0 Å². The molecule has 1 fully saturated rings. The molecule has 0 aromatic heterocycles. The van der Waals surface area contributed by atoms with Crippen molar-refractivity contribution in [3.63, 3.8) is 0 Å². The van der Waals surface area contributed by atoms with E-state index in [-0.39, 0.29) is 29.3 Å². The number of rotatable bonds is 2. The van der Waals surface area contributed by atoms with E-state index in [9.17, 15) is 4.39 Å². The minimum absolute atomic E-state index is 0. The molecule has 90 valence electrons. The van der Waals surface area contributed by atoms with Crippen LogP contribution in [0, 0.1) is 5.82 Å². The van der Waals surface area contributed by atoms with Gasteiger partial charge >= 0.3 is 0 Å². The van der Waals surface area contributed by atoms with E-state index in [1.54, 1.807) is 12.1 Å². The average Bonchev–Trinajstić information content (AvgIpc) is 2.26. The number of halogens is 3. The van der Waals surface area contributed by atoms with Crippen molar-refractivity contribution >= 4 is 24.0 Å². The number of piperidine rings is 1. The maximum atomic E-state index is 13.5. The smallest absolute Gasteiger partial charge is 0.183 e. The molecule has 1 aliphatic rings. The molecule has 0 atom stereocenters. The second-order valence-electron chi connectivity index (χ2n) is 3.62. The molecular weight excluding hydrogens is 252 g/mol. The highest BCUT2D eigenvalue weighted by molar-refractivity contribution is 6.30. The molecule has 1 heterocycles. The van der Waals surface area contributed by atoms with Crippen molar-refractivity contribution in [3.05, 3.63) is 29.0 Å². The van der Waals surface area contributed by atoms with E-state index in [2.05, 4.69) is 5.32 Å². The fourth-order valence-electron chi connectivity index (χ4n) is 1.67. The van der Waals surface area contributed by atoms with Crippen LogP contribution in [-0.4, -0.2) is 19.2 Å². The van der Waals surface area contributed by atoms with Gasteiger partial charge < -0.3 is 10.1 Å². The predicted octanol–water partition coefficient (Wildman–Crippen LogP) is 3.03. The van der Waals surface area contributed by atoms with Gasteiger partial charge in [-0.25, -0.2) is 4.39 Å². The Morgan fingerprint density at radius 3 is 2.69 bits per heavy atom. The van der Waals surface area contributed by atoms with E-state index in [0.717, 1.165) is 25.9 Å².